The minimum absolute atomic E-state index is 0. The van der Waals surface area contributed by atoms with E-state index in [-0.39, 0.29) is 58.8 Å². The molecule has 3 aromatic rings. The zero-order valence-corrected chi connectivity index (χ0v) is 20.5. The third-order valence-electron chi connectivity index (χ3n) is 5.10. The van der Waals surface area contributed by atoms with E-state index >= 15 is 0 Å². The van der Waals surface area contributed by atoms with Gasteiger partial charge in [0.15, 0.2) is 5.78 Å². The van der Waals surface area contributed by atoms with Gasteiger partial charge in [0, 0.05) is 18.2 Å². The summed E-state index contributed by atoms with van der Waals surface area (Å²) >= 11 is 0. The van der Waals surface area contributed by atoms with E-state index in [4.69, 9.17) is 11.5 Å². The van der Waals surface area contributed by atoms with E-state index in [2.05, 4.69) is 26.8 Å². The number of fused-ring (bicyclic) bond motifs is 1. The van der Waals surface area contributed by atoms with Crippen LogP contribution in [0, 0.1) is 0 Å². The van der Waals surface area contributed by atoms with Gasteiger partial charge < -0.3 is 31.7 Å². The number of carbonyl (C=O) groups is 3. The van der Waals surface area contributed by atoms with E-state index in [1.54, 1.807) is 24.3 Å². The van der Waals surface area contributed by atoms with Crippen molar-refractivity contribution in [2.75, 3.05) is 11.5 Å². The fraction of sp³-hybridized carbons (Fsp3) is 0.227. The van der Waals surface area contributed by atoms with Crippen LogP contribution in [0.5, 0.6) is 0 Å². The van der Waals surface area contributed by atoms with Crippen molar-refractivity contribution >= 4 is 40.5 Å². The number of aromatic nitrogens is 3. The quantitative estimate of drug-likeness (QED) is 0.197. The van der Waals surface area contributed by atoms with E-state index in [1.807, 2.05) is 6.20 Å². The number of hydrogen-bond donors (Lipinski definition) is 4. The zero-order valence-electron chi connectivity index (χ0n) is 18.5. The molecular weight excluding hydrogens is 435 g/mol. The van der Waals surface area contributed by atoms with Crippen LogP contribution in [0.3, 0.4) is 0 Å². The maximum atomic E-state index is 12.4. The van der Waals surface area contributed by atoms with Gasteiger partial charge in [0.05, 0.1) is 17.4 Å². The van der Waals surface area contributed by atoms with Crippen molar-refractivity contribution in [1.82, 2.24) is 20.3 Å². The first-order valence-electron chi connectivity index (χ1n) is 9.84. The van der Waals surface area contributed by atoms with E-state index in [0.29, 0.717) is 24.3 Å². The van der Waals surface area contributed by atoms with Gasteiger partial charge >= 0.3 is 29.6 Å². The third kappa shape index (κ3) is 6.41. The van der Waals surface area contributed by atoms with Gasteiger partial charge in [0.2, 0.25) is 5.95 Å². The van der Waals surface area contributed by atoms with Crippen molar-refractivity contribution in [3.63, 3.8) is 0 Å². The molecule has 1 aromatic carbocycles. The minimum Gasteiger partial charge on any atom is -0.548 e. The van der Waals surface area contributed by atoms with Crippen LogP contribution in [0.2, 0.25) is 0 Å². The Kier molecular flexibility index (Phi) is 8.75. The van der Waals surface area contributed by atoms with Crippen LogP contribution in [-0.4, -0.2) is 38.7 Å². The number of amides is 1. The molecule has 33 heavy (non-hydrogen) atoms. The topological polar surface area (TPSA) is 180 Å². The van der Waals surface area contributed by atoms with Crippen molar-refractivity contribution in [3.8, 4) is 0 Å². The number of hydrogen-bond acceptors (Lipinski definition) is 8. The molecule has 0 saturated heterocycles. The van der Waals surface area contributed by atoms with Crippen LogP contribution in [0.4, 0.5) is 11.8 Å². The predicted octanol–water partition coefficient (Wildman–Crippen LogP) is -2.70. The first-order valence-corrected chi connectivity index (χ1v) is 9.84. The first-order chi connectivity index (χ1) is 15.2. The van der Waals surface area contributed by atoms with Gasteiger partial charge in [0.25, 0.3) is 5.91 Å². The van der Waals surface area contributed by atoms with Gasteiger partial charge in [-0.15, -0.1) is 0 Å². The molecule has 1 unspecified atom stereocenters. The third-order valence-corrected chi connectivity index (χ3v) is 5.10. The molecule has 2 heterocycles. The summed E-state index contributed by atoms with van der Waals surface area (Å²) in [6, 6.07) is 5.42. The van der Waals surface area contributed by atoms with Gasteiger partial charge in [-0.2, -0.15) is 9.97 Å². The van der Waals surface area contributed by atoms with Gasteiger partial charge in [-0.25, -0.2) is 0 Å². The molecule has 11 heteroatoms. The van der Waals surface area contributed by atoms with Crippen molar-refractivity contribution in [1.29, 1.82) is 0 Å². The normalized spacial score (nSPS) is 11.4. The van der Waals surface area contributed by atoms with Crippen molar-refractivity contribution in [2.45, 2.75) is 32.2 Å². The Hall–Kier alpha value is -3.21. The Morgan fingerprint density at radius 3 is 2.42 bits per heavy atom. The molecule has 10 nitrogen and oxygen atoms in total. The molecule has 6 N–H and O–H groups in total. The number of nitrogens with two attached hydrogens (primary N) is 2. The zero-order chi connectivity index (χ0) is 23.4. The number of Topliss-reactive ketones (excluding diaryl/α,β-unsaturated/α-hetero) is 1. The second kappa shape index (κ2) is 11.1. The first kappa shape index (κ1) is 26.0. The summed E-state index contributed by atoms with van der Waals surface area (Å²) in [5.74, 6) is -2.00. The number of aromatic amines is 1. The van der Waals surface area contributed by atoms with E-state index in [1.165, 1.54) is 6.92 Å². The molecular formula is C22H23N6NaO4. The summed E-state index contributed by atoms with van der Waals surface area (Å²) in [5, 5.41) is 14.4. The van der Waals surface area contributed by atoms with Crippen molar-refractivity contribution in [2.24, 2.45) is 0 Å². The minimum atomic E-state index is -1.49. The van der Waals surface area contributed by atoms with Gasteiger partial charge in [-0.1, -0.05) is 18.7 Å². The molecule has 0 radical (unpaired) electrons. The van der Waals surface area contributed by atoms with Crippen LogP contribution >= 0.6 is 0 Å². The SMILES string of the molecule is C=C(CC(NC(=O)c1ccc(CCc2c[nH]c3nc(N)nc(N)c23)cc1)C(=O)[O-])C(C)=O.[Na+]. The molecule has 3 rings (SSSR count). The number of nitrogens with one attached hydrogen (secondary N) is 2. The monoisotopic (exact) mass is 458 g/mol. The number of carboxylic acids is 1. The summed E-state index contributed by atoms with van der Waals surface area (Å²) in [6.07, 6.45) is 2.91. The summed E-state index contributed by atoms with van der Waals surface area (Å²) in [6.45, 7) is 4.80. The van der Waals surface area contributed by atoms with Crippen molar-refractivity contribution < 1.29 is 49.0 Å². The van der Waals surface area contributed by atoms with Crippen LogP contribution < -0.4 is 51.4 Å². The fourth-order valence-corrected chi connectivity index (χ4v) is 3.27. The molecule has 0 spiro atoms. The molecule has 0 saturated carbocycles. The molecule has 2 aromatic heterocycles. The average molecular weight is 458 g/mol. The van der Waals surface area contributed by atoms with E-state index in [9.17, 15) is 19.5 Å². The van der Waals surface area contributed by atoms with E-state index in [0.717, 1.165) is 16.5 Å². The number of carbonyl (C=O) groups excluding carboxylic acids is 3. The number of aliphatic carboxylic acids is 1. The summed E-state index contributed by atoms with van der Waals surface area (Å²) in [5.41, 5.74) is 14.4. The number of H-pyrrole nitrogens is 1. The number of ketones is 1. The van der Waals surface area contributed by atoms with Gasteiger partial charge in [-0.3, -0.25) is 9.59 Å². The second-order valence-corrected chi connectivity index (χ2v) is 7.41. The number of rotatable bonds is 9. The number of nitrogens with zero attached hydrogens (tertiary/aromatic N) is 2. The number of aryl methyl sites for hydroxylation is 2. The van der Waals surface area contributed by atoms with Crippen LogP contribution in [0.25, 0.3) is 11.0 Å². The Morgan fingerprint density at radius 2 is 1.82 bits per heavy atom. The Bertz CT molecular complexity index is 1210. The molecule has 1 amide bonds. The van der Waals surface area contributed by atoms with Crippen LogP contribution in [0.15, 0.2) is 42.6 Å². The number of carboxylic acid groups (broad SMARTS) is 1. The molecule has 1 atom stereocenters. The Morgan fingerprint density at radius 1 is 1.15 bits per heavy atom. The van der Waals surface area contributed by atoms with Crippen molar-refractivity contribution in [3.05, 3.63) is 59.3 Å². The molecule has 0 fully saturated rings. The molecule has 0 aliphatic rings. The Labute approximate surface area is 212 Å². The van der Waals surface area contributed by atoms with Gasteiger partial charge in [0.1, 0.15) is 11.5 Å². The largest absolute Gasteiger partial charge is 1.00 e. The maximum Gasteiger partial charge on any atom is 1.00 e. The fourth-order valence-electron chi connectivity index (χ4n) is 3.27. The standard InChI is InChI=1S/C22H24N6O4.Na/c1-11(12(2)29)9-16(21(31)32)26-20(30)14-6-3-13(4-7-14)5-8-15-10-25-19-17(15)18(23)27-22(24)28-19;/h3-4,6-7,10,16H,1,5,8-9H2,2H3,(H,26,30)(H,31,32)(H5,23,24,25,27,28);/q;+1/p-1. The van der Waals surface area contributed by atoms with E-state index < -0.39 is 17.9 Å². The summed E-state index contributed by atoms with van der Waals surface area (Å²) < 4.78 is 0. The molecule has 166 valence electrons. The maximum absolute atomic E-state index is 12.4. The van der Waals surface area contributed by atoms with Gasteiger partial charge in [-0.05, 0) is 48.6 Å². The van der Waals surface area contributed by atoms with Crippen LogP contribution in [-0.2, 0) is 22.4 Å². The van der Waals surface area contributed by atoms with Crippen LogP contribution in [0.1, 0.15) is 34.8 Å². The predicted molar refractivity (Wildman–Crippen MR) is 117 cm³/mol. The number of nitrogen functional groups attached to an aromatic ring is 2. The number of anilines is 2. The second-order valence-electron chi connectivity index (χ2n) is 7.41. The Balaban J connectivity index is 0.00000385. The molecule has 0 aliphatic heterocycles. The summed E-state index contributed by atoms with van der Waals surface area (Å²) in [7, 11) is 0. The smallest absolute Gasteiger partial charge is 0.548 e. The summed E-state index contributed by atoms with van der Waals surface area (Å²) in [4.78, 5) is 46.2. The molecule has 0 aliphatic carbocycles. The average Bonchev–Trinajstić information content (AvgIpc) is 3.14. The number of benzene rings is 1. The molecule has 0 bridgehead atoms.